The van der Waals surface area contributed by atoms with E-state index >= 15 is 0 Å². The van der Waals surface area contributed by atoms with Gasteiger partial charge in [0.1, 0.15) is 0 Å². The molecule has 0 radical (unpaired) electrons. The highest BCUT2D eigenvalue weighted by Crippen LogP contribution is 2.49. The number of rotatable bonds is 10. The van der Waals surface area contributed by atoms with Crippen molar-refractivity contribution in [3.05, 3.63) is 252 Å². The van der Waals surface area contributed by atoms with Crippen LogP contribution in [0.15, 0.2) is 218 Å². The van der Waals surface area contributed by atoms with Crippen molar-refractivity contribution in [2.75, 3.05) is 9.80 Å². The predicted octanol–water partition coefficient (Wildman–Crippen LogP) is 17.6. The summed E-state index contributed by atoms with van der Waals surface area (Å²) in [5, 5.41) is 10.0. The normalized spacial score (nSPS) is 11.8. The van der Waals surface area contributed by atoms with Crippen LogP contribution in [0.25, 0.3) is 67.4 Å². The first kappa shape index (κ1) is 38.7. The molecule has 0 aliphatic rings. The quantitative estimate of drug-likeness (QED) is 0.0770. The molecule has 0 unspecified atom stereocenters. The Balaban J connectivity index is 1.05. The minimum absolute atomic E-state index is 1.11. The van der Waals surface area contributed by atoms with Crippen molar-refractivity contribution >= 4 is 102 Å². The van der Waals surface area contributed by atoms with E-state index < -0.39 is 0 Å². The summed E-state index contributed by atoms with van der Waals surface area (Å²) in [5.74, 6) is 0. The largest absolute Gasteiger partial charge is 0.310 e. The molecule has 0 saturated heterocycles. The van der Waals surface area contributed by atoms with Crippen LogP contribution in [-0.2, 0) is 0 Å². The first-order chi connectivity index (χ1) is 31.6. The number of fused-ring (bicyclic) bond motifs is 2. The summed E-state index contributed by atoms with van der Waals surface area (Å²) in [6.07, 6.45) is 8.71. The molecular formula is C62H46N2. The SMILES string of the molecule is Cc1ccc(N(c2ccc(/C=C/c3ccccc3)cc2)c2ccc3c4cccc5c(N(c6ccc(C)cc6)c6ccc(/C=C/c7ccccc7)cc6)ccc(c6cccc2c63)c54)cc1. The fourth-order valence-electron chi connectivity index (χ4n) is 9.29. The summed E-state index contributed by atoms with van der Waals surface area (Å²) < 4.78 is 0. The summed E-state index contributed by atoms with van der Waals surface area (Å²) in [4.78, 5) is 4.82. The molecule has 0 atom stereocenters. The van der Waals surface area contributed by atoms with Gasteiger partial charge in [-0.15, -0.1) is 0 Å². The Morgan fingerprint density at radius 1 is 0.250 bits per heavy atom. The van der Waals surface area contributed by atoms with Crippen LogP contribution < -0.4 is 9.80 Å². The average molecular weight is 819 g/mol. The molecule has 0 aliphatic heterocycles. The maximum atomic E-state index is 2.41. The van der Waals surface area contributed by atoms with Gasteiger partial charge in [-0.1, -0.05) is 193 Å². The van der Waals surface area contributed by atoms with E-state index in [2.05, 4.69) is 266 Å². The van der Waals surface area contributed by atoms with Gasteiger partial charge in [0.15, 0.2) is 0 Å². The van der Waals surface area contributed by atoms with E-state index in [0.29, 0.717) is 0 Å². The van der Waals surface area contributed by atoms with Gasteiger partial charge in [-0.2, -0.15) is 0 Å². The lowest BCUT2D eigenvalue weighted by Crippen LogP contribution is -2.11. The van der Waals surface area contributed by atoms with Crippen LogP contribution >= 0.6 is 0 Å². The van der Waals surface area contributed by atoms with Gasteiger partial charge in [0, 0.05) is 33.5 Å². The topological polar surface area (TPSA) is 6.48 Å². The molecule has 11 rings (SSSR count). The van der Waals surface area contributed by atoms with Crippen molar-refractivity contribution < 1.29 is 0 Å². The van der Waals surface area contributed by atoms with Crippen molar-refractivity contribution in [1.82, 2.24) is 0 Å². The third kappa shape index (κ3) is 7.25. The summed E-state index contributed by atoms with van der Waals surface area (Å²) >= 11 is 0. The summed E-state index contributed by atoms with van der Waals surface area (Å²) in [5.41, 5.74) is 13.9. The molecule has 2 heteroatoms. The average Bonchev–Trinajstić information content (AvgIpc) is 3.35. The summed E-state index contributed by atoms with van der Waals surface area (Å²) in [6, 6.07) is 79.6. The fraction of sp³-hybridized carbons (Fsp3) is 0.0323. The lowest BCUT2D eigenvalue weighted by molar-refractivity contribution is 1.29. The smallest absolute Gasteiger partial charge is 0.0540 e. The molecule has 0 aliphatic carbocycles. The van der Waals surface area contributed by atoms with Gasteiger partial charge in [-0.3, -0.25) is 0 Å². The molecule has 0 N–H and O–H groups in total. The van der Waals surface area contributed by atoms with E-state index in [1.54, 1.807) is 0 Å². The summed E-state index contributed by atoms with van der Waals surface area (Å²) in [6.45, 7) is 4.30. The minimum Gasteiger partial charge on any atom is -0.310 e. The number of hydrogen-bond donors (Lipinski definition) is 0. The van der Waals surface area contributed by atoms with E-state index in [9.17, 15) is 0 Å². The zero-order valence-electron chi connectivity index (χ0n) is 36.0. The van der Waals surface area contributed by atoms with E-state index in [4.69, 9.17) is 0 Å². The molecule has 64 heavy (non-hydrogen) atoms. The Morgan fingerprint density at radius 3 is 0.906 bits per heavy atom. The standard InChI is InChI=1S/C62H46N2/c1-43-19-31-49(32-20-43)63(51-35-27-47(28-36-51)25-23-45-11-5-3-6-12-45)59-41-39-55-54-16-10-18-58-60(42-40-56(62(54)58)53-15-9-17-57(59)61(53)55)64(50-33-21-44(2)22-34-50)52-37-29-48(30-38-52)26-24-46-13-7-4-8-14-46/h3-42H,1-2H3/b25-23+,26-24+. The van der Waals surface area contributed by atoms with Crippen LogP contribution in [0.3, 0.4) is 0 Å². The first-order valence-electron chi connectivity index (χ1n) is 22.1. The molecule has 0 amide bonds. The Hall–Kier alpha value is -8.20. The van der Waals surface area contributed by atoms with Crippen molar-refractivity contribution in [1.29, 1.82) is 0 Å². The highest BCUT2D eigenvalue weighted by Gasteiger charge is 2.22. The van der Waals surface area contributed by atoms with Gasteiger partial charge in [0.05, 0.1) is 11.4 Å². The number of nitrogens with zero attached hydrogens (tertiary/aromatic N) is 2. The maximum absolute atomic E-state index is 2.41. The van der Waals surface area contributed by atoms with Gasteiger partial charge in [-0.25, -0.2) is 0 Å². The molecule has 0 bridgehead atoms. The van der Waals surface area contributed by atoms with Crippen molar-refractivity contribution in [3.8, 4) is 0 Å². The van der Waals surface area contributed by atoms with Crippen molar-refractivity contribution in [2.24, 2.45) is 0 Å². The van der Waals surface area contributed by atoms with Crippen LogP contribution in [0.2, 0.25) is 0 Å². The second kappa shape index (κ2) is 16.6. The highest BCUT2D eigenvalue weighted by molar-refractivity contribution is 6.35. The molecule has 304 valence electrons. The Kier molecular flexibility index (Phi) is 10.0. The Morgan fingerprint density at radius 2 is 0.547 bits per heavy atom. The minimum atomic E-state index is 1.11. The molecule has 0 fully saturated rings. The lowest BCUT2D eigenvalue weighted by Gasteiger charge is -2.29. The first-order valence-corrected chi connectivity index (χ1v) is 22.1. The number of anilines is 6. The fourth-order valence-corrected chi connectivity index (χ4v) is 9.29. The maximum Gasteiger partial charge on any atom is 0.0540 e. The van der Waals surface area contributed by atoms with Gasteiger partial charge in [0.2, 0.25) is 0 Å². The number of aryl methyl sites for hydroxylation is 2. The molecule has 0 heterocycles. The van der Waals surface area contributed by atoms with E-state index in [0.717, 1.165) is 45.3 Å². The van der Waals surface area contributed by atoms with Gasteiger partial charge in [0.25, 0.3) is 0 Å². The zero-order chi connectivity index (χ0) is 43.0. The van der Waals surface area contributed by atoms with Crippen LogP contribution in [0, 0.1) is 13.8 Å². The van der Waals surface area contributed by atoms with Crippen molar-refractivity contribution in [3.63, 3.8) is 0 Å². The third-order valence-corrected chi connectivity index (χ3v) is 12.5. The van der Waals surface area contributed by atoms with E-state index in [-0.39, 0.29) is 0 Å². The molecule has 0 saturated carbocycles. The second-order valence-electron chi connectivity index (χ2n) is 16.7. The molecule has 11 aromatic rings. The summed E-state index contributed by atoms with van der Waals surface area (Å²) in [7, 11) is 0. The predicted molar refractivity (Wildman–Crippen MR) is 277 cm³/mol. The molecular weight excluding hydrogens is 773 g/mol. The number of hydrogen-bond acceptors (Lipinski definition) is 2. The third-order valence-electron chi connectivity index (χ3n) is 12.5. The second-order valence-corrected chi connectivity index (χ2v) is 16.7. The van der Waals surface area contributed by atoms with Crippen molar-refractivity contribution in [2.45, 2.75) is 13.8 Å². The van der Waals surface area contributed by atoms with Gasteiger partial charge >= 0.3 is 0 Å². The molecule has 0 aromatic heterocycles. The van der Waals surface area contributed by atoms with E-state index in [1.807, 2.05) is 0 Å². The van der Waals surface area contributed by atoms with Crippen LogP contribution in [0.4, 0.5) is 34.1 Å². The number of benzene rings is 11. The van der Waals surface area contributed by atoms with Crippen LogP contribution in [0.1, 0.15) is 33.4 Å². The Bertz CT molecular complexity index is 3200. The Labute approximate surface area is 375 Å². The van der Waals surface area contributed by atoms with Crippen LogP contribution in [0.5, 0.6) is 0 Å². The van der Waals surface area contributed by atoms with Crippen LogP contribution in [-0.4, -0.2) is 0 Å². The zero-order valence-corrected chi connectivity index (χ0v) is 36.0. The monoisotopic (exact) mass is 818 g/mol. The molecule has 11 aromatic carbocycles. The van der Waals surface area contributed by atoms with Gasteiger partial charge < -0.3 is 9.80 Å². The molecule has 2 nitrogen and oxygen atoms in total. The molecule has 0 spiro atoms. The lowest BCUT2D eigenvalue weighted by atomic mass is 9.88. The highest BCUT2D eigenvalue weighted by atomic mass is 15.1. The van der Waals surface area contributed by atoms with Gasteiger partial charge in [-0.05, 0) is 129 Å². The van der Waals surface area contributed by atoms with E-state index in [1.165, 1.54) is 65.3 Å².